The van der Waals surface area contributed by atoms with Crippen LogP contribution in [0.1, 0.15) is 5.56 Å². The summed E-state index contributed by atoms with van der Waals surface area (Å²) in [6.07, 6.45) is 3.11. The van der Waals surface area contributed by atoms with Crippen LogP contribution < -0.4 is 5.32 Å². The second-order valence-electron chi connectivity index (χ2n) is 6.75. The summed E-state index contributed by atoms with van der Waals surface area (Å²) in [4.78, 5) is 22.0. The molecule has 0 unspecified atom stereocenters. The van der Waals surface area contributed by atoms with Gasteiger partial charge in [0.25, 0.3) is 0 Å². The van der Waals surface area contributed by atoms with Crippen molar-refractivity contribution >= 4 is 40.5 Å². The molecule has 0 aliphatic carbocycles. The number of fused-ring (bicyclic) bond motifs is 1. The van der Waals surface area contributed by atoms with Crippen LogP contribution in [0.4, 0.5) is 4.39 Å². The quantitative estimate of drug-likeness (QED) is 0.244. The first kappa shape index (κ1) is 21.3. The number of rotatable bonds is 8. The first-order valence-corrected chi connectivity index (χ1v) is 11.6. The average molecular weight is 454 g/mol. The van der Waals surface area contributed by atoms with Crippen LogP contribution in [-0.2, 0) is 4.79 Å². The van der Waals surface area contributed by atoms with E-state index in [4.69, 9.17) is 0 Å². The van der Waals surface area contributed by atoms with E-state index in [1.807, 2.05) is 0 Å². The molecule has 2 heterocycles. The van der Waals surface area contributed by atoms with E-state index >= 15 is 0 Å². The number of aryl methyl sites for hydroxylation is 1. The van der Waals surface area contributed by atoms with Gasteiger partial charge in [-0.25, -0.2) is 19.0 Å². The lowest BCUT2D eigenvalue weighted by Gasteiger charge is -2.06. The molecule has 1 amide bonds. The highest BCUT2D eigenvalue weighted by atomic mass is 32.2. The lowest BCUT2D eigenvalue weighted by molar-refractivity contribution is -0.118. The fourth-order valence-corrected chi connectivity index (χ4v) is 4.45. The Morgan fingerprint density at radius 2 is 1.84 bits per heavy atom. The number of thioether (sulfide) groups is 2. The highest BCUT2D eigenvalue weighted by Gasteiger charge is 2.13. The summed E-state index contributed by atoms with van der Waals surface area (Å²) >= 11 is 3.05. The van der Waals surface area contributed by atoms with Gasteiger partial charge in [0.05, 0.1) is 23.0 Å². The SMILES string of the molecule is Cc1ccc(SCCNC(=O)CSc2ncnc3c2cnn3-c2ccc(F)cc2)cc1. The summed E-state index contributed by atoms with van der Waals surface area (Å²) in [5, 5.41) is 8.72. The third-order valence-electron chi connectivity index (χ3n) is 4.45. The largest absolute Gasteiger partial charge is 0.355 e. The number of halogens is 1. The summed E-state index contributed by atoms with van der Waals surface area (Å²) < 4.78 is 14.8. The molecular formula is C22H20FN5OS2. The lowest BCUT2D eigenvalue weighted by Crippen LogP contribution is -2.27. The first-order valence-electron chi connectivity index (χ1n) is 9.64. The molecule has 9 heteroatoms. The zero-order valence-electron chi connectivity index (χ0n) is 16.8. The number of nitrogens with zero attached hydrogens (tertiary/aromatic N) is 4. The van der Waals surface area contributed by atoms with Crippen LogP contribution in [0.3, 0.4) is 0 Å². The fraction of sp³-hybridized carbons (Fsp3) is 0.182. The average Bonchev–Trinajstić information content (AvgIpc) is 3.22. The van der Waals surface area contributed by atoms with Crippen molar-refractivity contribution in [1.29, 1.82) is 0 Å². The fourth-order valence-electron chi connectivity index (χ4n) is 2.89. The molecule has 4 aromatic rings. The predicted octanol–water partition coefficient (Wildman–Crippen LogP) is 4.26. The summed E-state index contributed by atoms with van der Waals surface area (Å²) in [7, 11) is 0. The van der Waals surface area contributed by atoms with Crippen molar-refractivity contribution in [3.8, 4) is 5.69 Å². The van der Waals surface area contributed by atoms with Gasteiger partial charge >= 0.3 is 0 Å². The molecule has 6 nitrogen and oxygen atoms in total. The topological polar surface area (TPSA) is 72.7 Å². The van der Waals surface area contributed by atoms with Gasteiger partial charge in [-0.15, -0.1) is 11.8 Å². The Morgan fingerprint density at radius 3 is 2.61 bits per heavy atom. The van der Waals surface area contributed by atoms with E-state index < -0.39 is 0 Å². The van der Waals surface area contributed by atoms with Crippen LogP contribution in [-0.4, -0.2) is 43.7 Å². The van der Waals surface area contributed by atoms with E-state index in [2.05, 4.69) is 51.6 Å². The summed E-state index contributed by atoms with van der Waals surface area (Å²) in [6, 6.07) is 14.4. The zero-order chi connectivity index (χ0) is 21.6. The second kappa shape index (κ2) is 9.93. The van der Waals surface area contributed by atoms with Crippen molar-refractivity contribution < 1.29 is 9.18 Å². The second-order valence-corrected chi connectivity index (χ2v) is 8.88. The molecule has 31 heavy (non-hydrogen) atoms. The number of benzene rings is 2. The Bertz CT molecular complexity index is 1180. The number of hydrogen-bond acceptors (Lipinski definition) is 6. The van der Waals surface area contributed by atoms with Crippen LogP contribution in [0.25, 0.3) is 16.7 Å². The molecule has 0 saturated heterocycles. The van der Waals surface area contributed by atoms with Crippen LogP contribution in [0.15, 0.2) is 71.0 Å². The van der Waals surface area contributed by atoms with E-state index in [9.17, 15) is 9.18 Å². The summed E-state index contributed by atoms with van der Waals surface area (Å²) in [5.74, 6) is 0.701. The van der Waals surface area contributed by atoms with Gasteiger partial charge in [-0.1, -0.05) is 29.5 Å². The predicted molar refractivity (Wildman–Crippen MR) is 122 cm³/mol. The third-order valence-corrected chi connectivity index (χ3v) is 6.47. The van der Waals surface area contributed by atoms with Crippen molar-refractivity contribution in [2.45, 2.75) is 16.8 Å². The van der Waals surface area contributed by atoms with Crippen molar-refractivity contribution in [1.82, 2.24) is 25.1 Å². The van der Waals surface area contributed by atoms with Gasteiger partial charge in [0.15, 0.2) is 5.65 Å². The van der Waals surface area contributed by atoms with E-state index in [0.717, 1.165) is 11.1 Å². The maximum Gasteiger partial charge on any atom is 0.230 e. The molecule has 0 aliphatic heterocycles. The molecule has 0 spiro atoms. The van der Waals surface area contributed by atoms with Crippen LogP contribution in [0, 0.1) is 12.7 Å². The molecule has 2 aromatic carbocycles. The maximum atomic E-state index is 13.2. The Balaban J connectivity index is 1.32. The molecule has 0 aliphatic rings. The molecular weight excluding hydrogens is 433 g/mol. The standard InChI is InChI=1S/C22H20FN5OS2/c1-15-2-8-18(9-3-15)30-11-10-24-20(29)13-31-22-19-12-27-28(21(19)25-14-26-22)17-6-4-16(23)5-7-17/h2-9,12,14H,10-11,13H2,1H3,(H,24,29). The highest BCUT2D eigenvalue weighted by Crippen LogP contribution is 2.25. The smallest absolute Gasteiger partial charge is 0.230 e. The minimum Gasteiger partial charge on any atom is -0.355 e. The molecule has 0 radical (unpaired) electrons. The number of carbonyl (C=O) groups is 1. The van der Waals surface area contributed by atoms with E-state index in [-0.39, 0.29) is 17.5 Å². The highest BCUT2D eigenvalue weighted by molar-refractivity contribution is 8.00. The van der Waals surface area contributed by atoms with Gasteiger partial charge in [0.2, 0.25) is 5.91 Å². The molecule has 0 fully saturated rings. The van der Waals surface area contributed by atoms with Crippen molar-refractivity contribution in [3.63, 3.8) is 0 Å². The number of hydrogen-bond donors (Lipinski definition) is 1. The molecule has 158 valence electrons. The van der Waals surface area contributed by atoms with Gasteiger partial charge < -0.3 is 5.32 Å². The minimum atomic E-state index is -0.311. The monoisotopic (exact) mass is 453 g/mol. The summed E-state index contributed by atoms with van der Waals surface area (Å²) in [5.41, 5.74) is 2.55. The van der Waals surface area contributed by atoms with Crippen LogP contribution in [0.2, 0.25) is 0 Å². The van der Waals surface area contributed by atoms with Gasteiger partial charge in [-0.2, -0.15) is 5.10 Å². The Hall–Kier alpha value is -2.91. The lowest BCUT2D eigenvalue weighted by atomic mass is 10.2. The molecule has 2 aromatic heterocycles. The van der Waals surface area contributed by atoms with Crippen molar-refractivity contribution in [2.75, 3.05) is 18.1 Å². The Morgan fingerprint density at radius 1 is 1.06 bits per heavy atom. The third kappa shape index (κ3) is 5.42. The molecule has 0 saturated carbocycles. The van der Waals surface area contributed by atoms with Gasteiger partial charge in [0, 0.05) is 17.2 Å². The first-order chi connectivity index (χ1) is 15.1. The van der Waals surface area contributed by atoms with E-state index in [0.29, 0.717) is 22.9 Å². The van der Waals surface area contributed by atoms with Crippen molar-refractivity contribution in [2.24, 2.45) is 0 Å². The van der Waals surface area contributed by atoms with E-state index in [1.54, 1.807) is 34.8 Å². The van der Waals surface area contributed by atoms with Gasteiger partial charge in [-0.3, -0.25) is 4.79 Å². The summed E-state index contributed by atoms with van der Waals surface area (Å²) in [6.45, 7) is 2.66. The van der Waals surface area contributed by atoms with E-state index in [1.165, 1.54) is 40.7 Å². The van der Waals surface area contributed by atoms with Gasteiger partial charge in [0.1, 0.15) is 17.2 Å². The molecule has 0 atom stereocenters. The Labute approximate surface area is 187 Å². The molecule has 4 rings (SSSR count). The normalized spacial score (nSPS) is 11.0. The Kier molecular flexibility index (Phi) is 6.83. The number of amides is 1. The van der Waals surface area contributed by atoms with Crippen molar-refractivity contribution in [3.05, 3.63) is 72.4 Å². The van der Waals surface area contributed by atoms with Crippen LogP contribution >= 0.6 is 23.5 Å². The number of aromatic nitrogens is 4. The maximum absolute atomic E-state index is 13.2. The molecule has 0 bridgehead atoms. The number of nitrogens with one attached hydrogen (secondary N) is 1. The minimum absolute atomic E-state index is 0.0489. The van der Waals surface area contributed by atoms with Crippen LogP contribution in [0.5, 0.6) is 0 Å². The molecule has 1 N–H and O–H groups in total. The zero-order valence-corrected chi connectivity index (χ0v) is 18.4. The number of carbonyl (C=O) groups excluding carboxylic acids is 1. The van der Waals surface area contributed by atoms with Gasteiger partial charge in [-0.05, 0) is 43.3 Å².